The largest absolute Gasteiger partial charge is 0.491 e. The van der Waals surface area contributed by atoms with Crippen LogP contribution >= 0.6 is 11.6 Å². The molecule has 0 radical (unpaired) electrons. The Balaban J connectivity index is 2.32. The summed E-state index contributed by atoms with van der Waals surface area (Å²) in [5.74, 6) is 0.500. The SMILES string of the molecule is COCCOCC(O)COc1ccc(C#N)c(Cl)c1. The summed E-state index contributed by atoms with van der Waals surface area (Å²) in [7, 11) is 1.58. The number of nitrogens with zero attached hydrogens (tertiary/aromatic N) is 1. The molecule has 1 rings (SSSR count). The Kier molecular flexibility index (Phi) is 7.23. The molecule has 5 nitrogen and oxygen atoms in total. The lowest BCUT2D eigenvalue weighted by Gasteiger charge is -2.13. The second-order valence-corrected chi connectivity index (χ2v) is 4.19. The van der Waals surface area contributed by atoms with E-state index in [1.165, 1.54) is 0 Å². The molecule has 0 spiro atoms. The zero-order valence-corrected chi connectivity index (χ0v) is 11.4. The number of aliphatic hydroxyl groups is 1. The molecule has 104 valence electrons. The summed E-state index contributed by atoms with van der Waals surface area (Å²) in [5.41, 5.74) is 0.387. The zero-order valence-electron chi connectivity index (χ0n) is 10.6. The summed E-state index contributed by atoms with van der Waals surface area (Å²) in [4.78, 5) is 0. The molecule has 0 aliphatic heterocycles. The molecule has 1 N–H and O–H groups in total. The van der Waals surface area contributed by atoms with Crippen LogP contribution in [0.25, 0.3) is 0 Å². The van der Waals surface area contributed by atoms with E-state index >= 15 is 0 Å². The molecule has 0 aliphatic carbocycles. The van der Waals surface area contributed by atoms with Crippen LogP contribution in [0.4, 0.5) is 0 Å². The Labute approximate surface area is 117 Å². The number of ether oxygens (including phenoxy) is 3. The van der Waals surface area contributed by atoms with Crippen LogP contribution in [-0.2, 0) is 9.47 Å². The third kappa shape index (κ3) is 5.90. The van der Waals surface area contributed by atoms with Gasteiger partial charge in [0.2, 0.25) is 0 Å². The van der Waals surface area contributed by atoms with E-state index in [1.807, 2.05) is 6.07 Å². The van der Waals surface area contributed by atoms with Crippen molar-refractivity contribution >= 4 is 11.6 Å². The summed E-state index contributed by atoms with van der Waals surface area (Å²) in [6, 6.07) is 6.70. The average Bonchev–Trinajstić information content (AvgIpc) is 2.41. The van der Waals surface area contributed by atoms with Crippen molar-refractivity contribution in [3.05, 3.63) is 28.8 Å². The van der Waals surface area contributed by atoms with Crippen molar-refractivity contribution in [1.82, 2.24) is 0 Å². The van der Waals surface area contributed by atoms with E-state index < -0.39 is 6.10 Å². The number of halogens is 1. The highest BCUT2D eigenvalue weighted by molar-refractivity contribution is 6.31. The van der Waals surface area contributed by atoms with Gasteiger partial charge in [0.05, 0.1) is 30.4 Å². The molecule has 1 aromatic rings. The van der Waals surface area contributed by atoms with Crippen molar-refractivity contribution in [2.24, 2.45) is 0 Å². The van der Waals surface area contributed by atoms with Gasteiger partial charge in [-0.1, -0.05) is 11.6 Å². The monoisotopic (exact) mass is 285 g/mol. The topological polar surface area (TPSA) is 71.7 Å². The average molecular weight is 286 g/mol. The second kappa shape index (κ2) is 8.73. The minimum atomic E-state index is -0.730. The fourth-order valence-electron chi connectivity index (χ4n) is 1.28. The van der Waals surface area contributed by atoms with Gasteiger partial charge in [-0.15, -0.1) is 0 Å². The van der Waals surface area contributed by atoms with Crippen molar-refractivity contribution in [3.63, 3.8) is 0 Å². The quantitative estimate of drug-likeness (QED) is 0.735. The van der Waals surface area contributed by atoms with Crippen molar-refractivity contribution in [2.45, 2.75) is 6.10 Å². The number of hydrogen-bond acceptors (Lipinski definition) is 5. The van der Waals surface area contributed by atoms with Gasteiger partial charge in [0, 0.05) is 13.2 Å². The number of hydrogen-bond donors (Lipinski definition) is 1. The summed E-state index contributed by atoms with van der Waals surface area (Å²) in [6.45, 7) is 1.18. The number of benzene rings is 1. The second-order valence-electron chi connectivity index (χ2n) is 3.79. The highest BCUT2D eigenvalue weighted by atomic mass is 35.5. The normalized spacial score (nSPS) is 11.9. The van der Waals surface area contributed by atoms with Crippen LogP contribution in [0.3, 0.4) is 0 Å². The molecule has 0 saturated heterocycles. The first-order chi connectivity index (χ1) is 9.17. The molecule has 1 aromatic carbocycles. The standard InChI is InChI=1S/C13H16ClNO4/c1-17-4-5-18-8-11(16)9-19-12-3-2-10(7-15)13(14)6-12/h2-3,6,11,16H,4-5,8-9H2,1H3. The summed E-state index contributed by atoms with van der Waals surface area (Å²) in [6.07, 6.45) is -0.730. The van der Waals surface area contributed by atoms with Gasteiger partial charge < -0.3 is 19.3 Å². The first-order valence-corrected chi connectivity index (χ1v) is 6.12. The van der Waals surface area contributed by atoms with E-state index in [-0.39, 0.29) is 13.2 Å². The maximum absolute atomic E-state index is 9.60. The van der Waals surface area contributed by atoms with Crippen molar-refractivity contribution in [1.29, 1.82) is 5.26 Å². The Morgan fingerprint density at radius 3 is 2.79 bits per heavy atom. The molecule has 0 aromatic heterocycles. The first-order valence-electron chi connectivity index (χ1n) is 5.74. The number of rotatable bonds is 8. The van der Waals surface area contributed by atoms with Crippen LogP contribution in [0.2, 0.25) is 5.02 Å². The van der Waals surface area contributed by atoms with Crippen LogP contribution in [0, 0.1) is 11.3 Å². The highest BCUT2D eigenvalue weighted by Gasteiger charge is 2.07. The zero-order chi connectivity index (χ0) is 14.1. The summed E-state index contributed by atoms with van der Waals surface area (Å²) >= 11 is 5.86. The fraction of sp³-hybridized carbons (Fsp3) is 0.462. The van der Waals surface area contributed by atoms with Gasteiger partial charge in [-0.2, -0.15) is 5.26 Å². The van der Waals surface area contributed by atoms with Gasteiger partial charge in [-0.05, 0) is 12.1 Å². The Bertz CT molecular complexity index is 433. The van der Waals surface area contributed by atoms with E-state index in [0.29, 0.717) is 29.5 Å². The number of aliphatic hydroxyl groups excluding tert-OH is 1. The lowest BCUT2D eigenvalue weighted by atomic mass is 10.2. The van der Waals surface area contributed by atoms with Gasteiger partial charge in [0.15, 0.2) is 0 Å². The van der Waals surface area contributed by atoms with E-state index in [9.17, 15) is 5.11 Å². The van der Waals surface area contributed by atoms with Crippen LogP contribution in [0.1, 0.15) is 5.56 Å². The van der Waals surface area contributed by atoms with Gasteiger partial charge in [0.25, 0.3) is 0 Å². The lowest BCUT2D eigenvalue weighted by Crippen LogP contribution is -2.24. The van der Waals surface area contributed by atoms with Gasteiger partial charge in [0.1, 0.15) is 24.5 Å². The van der Waals surface area contributed by atoms with Crippen molar-refractivity contribution < 1.29 is 19.3 Å². The molecule has 19 heavy (non-hydrogen) atoms. The molecule has 0 heterocycles. The molecule has 0 fully saturated rings. The Morgan fingerprint density at radius 1 is 1.37 bits per heavy atom. The molecule has 1 unspecified atom stereocenters. The van der Waals surface area contributed by atoms with E-state index in [0.717, 1.165) is 0 Å². The van der Waals surface area contributed by atoms with E-state index in [2.05, 4.69) is 0 Å². The predicted octanol–water partition coefficient (Wildman–Crippen LogP) is 1.61. The highest BCUT2D eigenvalue weighted by Crippen LogP contribution is 2.21. The number of methoxy groups -OCH3 is 1. The van der Waals surface area contributed by atoms with E-state index in [1.54, 1.807) is 25.3 Å². The lowest BCUT2D eigenvalue weighted by molar-refractivity contribution is -0.00419. The third-order valence-corrected chi connectivity index (χ3v) is 2.56. The maximum atomic E-state index is 9.60. The van der Waals surface area contributed by atoms with Gasteiger partial charge >= 0.3 is 0 Å². The Hall–Kier alpha value is -1.32. The smallest absolute Gasteiger partial charge is 0.121 e. The third-order valence-electron chi connectivity index (χ3n) is 2.25. The van der Waals surface area contributed by atoms with E-state index in [4.69, 9.17) is 31.1 Å². The molecule has 0 amide bonds. The molecule has 1 atom stereocenters. The summed E-state index contributed by atoms with van der Waals surface area (Å²) in [5, 5.41) is 18.7. The van der Waals surface area contributed by atoms with Crippen molar-refractivity contribution in [2.75, 3.05) is 33.5 Å². The minimum Gasteiger partial charge on any atom is -0.491 e. The molecule has 6 heteroatoms. The predicted molar refractivity (Wildman–Crippen MR) is 70.4 cm³/mol. The maximum Gasteiger partial charge on any atom is 0.121 e. The molecule has 0 aliphatic rings. The summed E-state index contributed by atoms with van der Waals surface area (Å²) < 4.78 is 15.3. The van der Waals surface area contributed by atoms with Crippen LogP contribution in [0.15, 0.2) is 18.2 Å². The van der Waals surface area contributed by atoms with Gasteiger partial charge in [-0.25, -0.2) is 0 Å². The molecular weight excluding hydrogens is 270 g/mol. The van der Waals surface area contributed by atoms with Gasteiger partial charge in [-0.3, -0.25) is 0 Å². The molecular formula is C13H16ClNO4. The van der Waals surface area contributed by atoms with Crippen LogP contribution in [-0.4, -0.2) is 44.7 Å². The Morgan fingerprint density at radius 2 is 2.16 bits per heavy atom. The van der Waals surface area contributed by atoms with Crippen LogP contribution in [0.5, 0.6) is 5.75 Å². The minimum absolute atomic E-state index is 0.0925. The van der Waals surface area contributed by atoms with Crippen molar-refractivity contribution in [3.8, 4) is 11.8 Å². The molecule has 0 bridgehead atoms. The number of nitriles is 1. The first kappa shape index (κ1) is 15.7. The molecule has 0 saturated carbocycles. The fourth-order valence-corrected chi connectivity index (χ4v) is 1.49. The van der Waals surface area contributed by atoms with Crippen LogP contribution < -0.4 is 4.74 Å².